The number of pyridine rings is 1. The summed E-state index contributed by atoms with van der Waals surface area (Å²) in [4.78, 5) is 16.4. The Morgan fingerprint density at radius 1 is 1.10 bits per heavy atom. The van der Waals surface area contributed by atoms with Crippen LogP contribution < -0.4 is 0 Å². The van der Waals surface area contributed by atoms with Gasteiger partial charge in [-0.2, -0.15) is 0 Å². The molecule has 110 valence electrons. The number of ketones is 1. The molecule has 0 atom stereocenters. The number of carbonyl (C=O) groups excluding carboxylic acids is 1. The minimum atomic E-state index is 0.0385. The minimum Gasteiger partial charge on any atom is -0.373 e. The average Bonchev–Trinajstić information content (AvgIpc) is 2.48. The van der Waals surface area contributed by atoms with Gasteiger partial charge in [0.25, 0.3) is 0 Å². The summed E-state index contributed by atoms with van der Waals surface area (Å²) in [7, 11) is 0. The van der Waals surface area contributed by atoms with Gasteiger partial charge in [0, 0.05) is 23.9 Å². The molecule has 0 unspecified atom stereocenters. The van der Waals surface area contributed by atoms with Crippen molar-refractivity contribution >= 4 is 5.78 Å². The maximum Gasteiger partial charge on any atom is 0.188 e. The number of Topliss-reactive ketones (excluding diaryl/α,β-unsaturated/α-hetero) is 1. The van der Waals surface area contributed by atoms with Gasteiger partial charge in [-0.3, -0.25) is 9.78 Å². The average molecular weight is 283 g/mol. The van der Waals surface area contributed by atoms with E-state index in [-0.39, 0.29) is 12.4 Å². The first-order valence-electron chi connectivity index (χ1n) is 7.16. The first kappa shape index (κ1) is 15.4. The maximum absolute atomic E-state index is 12.2. The van der Waals surface area contributed by atoms with Crippen LogP contribution >= 0.6 is 0 Å². The molecule has 0 saturated heterocycles. The zero-order valence-electron chi connectivity index (χ0n) is 12.8. The monoisotopic (exact) mass is 283 g/mol. The first-order chi connectivity index (χ1) is 10.1. The highest BCUT2D eigenvalue weighted by Crippen LogP contribution is 2.16. The van der Waals surface area contributed by atoms with Crippen LogP contribution in [0.5, 0.6) is 0 Å². The fraction of sp³-hybridized carbons (Fsp3) is 0.333. The summed E-state index contributed by atoms with van der Waals surface area (Å²) in [5, 5.41) is 0. The Morgan fingerprint density at radius 2 is 1.86 bits per heavy atom. The Hall–Kier alpha value is -2.00. The van der Waals surface area contributed by atoms with Crippen molar-refractivity contribution in [2.24, 2.45) is 0 Å². The molecule has 0 aliphatic carbocycles. The van der Waals surface area contributed by atoms with E-state index >= 15 is 0 Å². The van der Waals surface area contributed by atoms with E-state index < -0.39 is 0 Å². The molecule has 1 heterocycles. The summed E-state index contributed by atoms with van der Waals surface area (Å²) in [6.45, 7) is 6.67. The van der Waals surface area contributed by atoms with E-state index in [4.69, 9.17) is 4.74 Å². The highest BCUT2D eigenvalue weighted by molar-refractivity contribution is 5.98. The van der Waals surface area contributed by atoms with Crippen LogP contribution in [-0.2, 0) is 11.2 Å². The fourth-order valence-corrected chi connectivity index (χ4v) is 2.23. The molecule has 3 heteroatoms. The molecule has 0 aliphatic rings. The van der Waals surface area contributed by atoms with Crippen LogP contribution in [0.25, 0.3) is 0 Å². The first-order valence-corrected chi connectivity index (χ1v) is 7.16. The molecule has 0 radical (unpaired) electrons. The summed E-state index contributed by atoms with van der Waals surface area (Å²) in [5.74, 6) is 0.0385. The van der Waals surface area contributed by atoms with Crippen molar-refractivity contribution in [3.63, 3.8) is 0 Å². The van der Waals surface area contributed by atoms with Gasteiger partial charge in [-0.1, -0.05) is 12.1 Å². The lowest BCUT2D eigenvalue weighted by atomic mass is 9.98. The van der Waals surface area contributed by atoms with E-state index in [0.717, 1.165) is 28.8 Å². The third-order valence-corrected chi connectivity index (χ3v) is 3.60. The SMILES string of the molecule is Cc1cc(C)c(C(=O)COCCc2ccccn2)cc1C. The van der Waals surface area contributed by atoms with Crippen LogP contribution in [-0.4, -0.2) is 24.0 Å². The number of aromatic nitrogens is 1. The number of hydrogen-bond acceptors (Lipinski definition) is 3. The smallest absolute Gasteiger partial charge is 0.188 e. The molecule has 0 spiro atoms. The Balaban J connectivity index is 1.86. The van der Waals surface area contributed by atoms with Crippen molar-refractivity contribution in [2.45, 2.75) is 27.2 Å². The van der Waals surface area contributed by atoms with Gasteiger partial charge in [-0.15, -0.1) is 0 Å². The Labute approximate surface area is 126 Å². The van der Waals surface area contributed by atoms with Gasteiger partial charge in [0.05, 0.1) is 6.61 Å². The van der Waals surface area contributed by atoms with E-state index in [1.54, 1.807) is 6.20 Å². The normalized spacial score (nSPS) is 10.6. The van der Waals surface area contributed by atoms with Crippen molar-refractivity contribution in [1.29, 1.82) is 0 Å². The highest BCUT2D eigenvalue weighted by atomic mass is 16.5. The molecule has 3 nitrogen and oxygen atoms in total. The molecule has 21 heavy (non-hydrogen) atoms. The third-order valence-electron chi connectivity index (χ3n) is 3.60. The lowest BCUT2D eigenvalue weighted by Crippen LogP contribution is -2.13. The molecule has 0 amide bonds. The van der Waals surface area contributed by atoms with E-state index in [1.807, 2.05) is 38.1 Å². The van der Waals surface area contributed by atoms with E-state index in [9.17, 15) is 4.79 Å². The number of hydrogen-bond donors (Lipinski definition) is 0. The molecular formula is C18H21NO2. The molecule has 1 aromatic carbocycles. The summed E-state index contributed by atoms with van der Waals surface area (Å²) < 4.78 is 5.49. The maximum atomic E-state index is 12.2. The van der Waals surface area contributed by atoms with Gasteiger partial charge in [-0.25, -0.2) is 0 Å². The fourth-order valence-electron chi connectivity index (χ4n) is 2.23. The predicted molar refractivity (Wildman–Crippen MR) is 83.7 cm³/mol. The van der Waals surface area contributed by atoms with Crippen molar-refractivity contribution in [1.82, 2.24) is 4.98 Å². The van der Waals surface area contributed by atoms with Crippen molar-refractivity contribution in [3.8, 4) is 0 Å². The zero-order chi connectivity index (χ0) is 15.2. The van der Waals surface area contributed by atoms with Crippen molar-refractivity contribution in [3.05, 3.63) is 64.5 Å². The van der Waals surface area contributed by atoms with Crippen LogP contribution in [0.15, 0.2) is 36.5 Å². The second-order valence-corrected chi connectivity index (χ2v) is 5.30. The summed E-state index contributed by atoms with van der Waals surface area (Å²) >= 11 is 0. The number of rotatable bonds is 6. The van der Waals surface area contributed by atoms with E-state index in [2.05, 4.69) is 18.0 Å². The Kier molecular flexibility index (Phi) is 5.23. The topological polar surface area (TPSA) is 39.2 Å². The zero-order valence-corrected chi connectivity index (χ0v) is 12.8. The summed E-state index contributed by atoms with van der Waals surface area (Å²) in [5.41, 5.74) is 5.09. The third kappa shape index (κ3) is 4.23. The molecule has 0 saturated carbocycles. The Morgan fingerprint density at radius 3 is 2.57 bits per heavy atom. The molecule has 1 aromatic heterocycles. The van der Waals surface area contributed by atoms with E-state index in [1.165, 1.54) is 5.56 Å². The van der Waals surface area contributed by atoms with Crippen molar-refractivity contribution < 1.29 is 9.53 Å². The highest BCUT2D eigenvalue weighted by Gasteiger charge is 2.10. The lowest BCUT2D eigenvalue weighted by molar-refractivity contribution is 0.0763. The molecule has 2 rings (SSSR count). The predicted octanol–water partition coefficient (Wildman–Crippen LogP) is 3.45. The number of benzene rings is 1. The molecule has 2 aromatic rings. The second kappa shape index (κ2) is 7.14. The number of carbonyl (C=O) groups is 1. The minimum absolute atomic E-state index is 0.0385. The molecule has 0 aliphatic heterocycles. The van der Waals surface area contributed by atoms with Gasteiger partial charge in [-0.05, 0) is 55.7 Å². The van der Waals surface area contributed by atoms with Gasteiger partial charge in [0.2, 0.25) is 0 Å². The van der Waals surface area contributed by atoms with Crippen molar-refractivity contribution in [2.75, 3.05) is 13.2 Å². The van der Waals surface area contributed by atoms with Crippen LogP contribution in [0.3, 0.4) is 0 Å². The second-order valence-electron chi connectivity index (χ2n) is 5.30. The molecule has 0 bridgehead atoms. The summed E-state index contributed by atoms with van der Waals surface area (Å²) in [6.07, 6.45) is 2.49. The number of ether oxygens (including phenoxy) is 1. The van der Waals surface area contributed by atoms with Crippen LogP contribution in [0.2, 0.25) is 0 Å². The number of aryl methyl sites for hydroxylation is 3. The van der Waals surface area contributed by atoms with Crippen LogP contribution in [0.1, 0.15) is 32.7 Å². The van der Waals surface area contributed by atoms with Gasteiger partial charge < -0.3 is 4.74 Å². The lowest BCUT2D eigenvalue weighted by Gasteiger charge is -2.09. The van der Waals surface area contributed by atoms with E-state index in [0.29, 0.717) is 6.61 Å². The largest absolute Gasteiger partial charge is 0.373 e. The molecular weight excluding hydrogens is 262 g/mol. The quantitative estimate of drug-likeness (QED) is 0.602. The Bertz CT molecular complexity index is 621. The van der Waals surface area contributed by atoms with Crippen LogP contribution in [0.4, 0.5) is 0 Å². The van der Waals surface area contributed by atoms with Gasteiger partial charge in [0.15, 0.2) is 5.78 Å². The standard InChI is InChI=1S/C18H21NO2/c1-13-10-15(3)17(11-14(13)2)18(20)12-21-9-7-16-6-4-5-8-19-16/h4-6,8,10-11H,7,9,12H2,1-3H3. The van der Waals surface area contributed by atoms with Gasteiger partial charge >= 0.3 is 0 Å². The number of nitrogens with zero attached hydrogens (tertiary/aromatic N) is 1. The van der Waals surface area contributed by atoms with Crippen LogP contribution in [0, 0.1) is 20.8 Å². The molecule has 0 fully saturated rings. The molecule has 0 N–H and O–H groups in total. The van der Waals surface area contributed by atoms with Gasteiger partial charge in [0.1, 0.15) is 6.61 Å². The summed E-state index contributed by atoms with van der Waals surface area (Å²) in [6, 6.07) is 9.80.